The molecule has 3 heterocycles. The molecule has 5 rings (SSSR count). The normalized spacial score (nSPS) is 30.6. The summed E-state index contributed by atoms with van der Waals surface area (Å²) >= 11 is 0. The molecule has 180 valence electrons. The molecular weight excluding hydrogens is 416 g/mol. The standard InChI is InChI=1S/C25H38N6O2/c1-17-13-31(24(27-17)18-5-6-18)20-11-23(29-26-12-20)28-19-7-9-25(2,10-8-19)16-30-14-21(32-3)22(15-30)33-4/h11-13,18-19,21-22H,5-10,14-16H2,1-4H3,(H,28,29)/t19?,21-,22-,25?/m1/s1. The van der Waals surface area contributed by atoms with E-state index in [1.165, 1.54) is 25.7 Å². The number of nitrogens with zero attached hydrogens (tertiary/aromatic N) is 5. The van der Waals surface area contributed by atoms with E-state index in [9.17, 15) is 0 Å². The second-order valence-electron chi connectivity index (χ2n) is 10.7. The van der Waals surface area contributed by atoms with Crippen molar-refractivity contribution in [2.75, 3.05) is 39.2 Å². The lowest BCUT2D eigenvalue weighted by molar-refractivity contribution is -0.00461. The van der Waals surface area contributed by atoms with E-state index in [1.807, 2.05) is 6.20 Å². The molecule has 2 aliphatic carbocycles. The first kappa shape index (κ1) is 22.7. The zero-order chi connectivity index (χ0) is 23.0. The van der Waals surface area contributed by atoms with Crippen molar-refractivity contribution in [3.8, 4) is 5.69 Å². The molecule has 8 heteroatoms. The SMILES string of the molecule is CO[C@@H]1CN(CC2(C)CCC(Nc3cc(-n4cc(C)nc4C4CC4)cnn3)CC2)C[C@H]1OC. The van der Waals surface area contributed by atoms with Gasteiger partial charge in [0.25, 0.3) is 0 Å². The lowest BCUT2D eigenvalue weighted by Gasteiger charge is -2.40. The summed E-state index contributed by atoms with van der Waals surface area (Å²) in [5.74, 6) is 2.61. The van der Waals surface area contributed by atoms with Crippen molar-refractivity contribution in [1.82, 2.24) is 24.6 Å². The van der Waals surface area contributed by atoms with Gasteiger partial charge in [-0.1, -0.05) is 6.92 Å². The fourth-order valence-electron chi connectivity index (χ4n) is 5.68. The first-order chi connectivity index (χ1) is 16.0. The first-order valence-corrected chi connectivity index (χ1v) is 12.4. The third-order valence-electron chi connectivity index (χ3n) is 7.76. The smallest absolute Gasteiger partial charge is 0.150 e. The molecule has 1 N–H and O–H groups in total. The number of anilines is 1. The number of methoxy groups -OCH3 is 2. The Hall–Kier alpha value is -2.03. The van der Waals surface area contributed by atoms with Crippen LogP contribution in [0.3, 0.4) is 0 Å². The van der Waals surface area contributed by atoms with Crippen LogP contribution in [0, 0.1) is 12.3 Å². The van der Waals surface area contributed by atoms with Crippen molar-refractivity contribution < 1.29 is 9.47 Å². The van der Waals surface area contributed by atoms with E-state index in [2.05, 4.69) is 51.1 Å². The maximum atomic E-state index is 5.62. The summed E-state index contributed by atoms with van der Waals surface area (Å²) in [5, 5.41) is 12.3. The monoisotopic (exact) mass is 454 g/mol. The van der Waals surface area contributed by atoms with Crippen LogP contribution in [0.25, 0.3) is 5.69 Å². The van der Waals surface area contributed by atoms with Crippen molar-refractivity contribution in [3.63, 3.8) is 0 Å². The molecule has 0 aromatic carbocycles. The quantitative estimate of drug-likeness (QED) is 0.653. The fraction of sp³-hybridized carbons (Fsp3) is 0.720. The van der Waals surface area contributed by atoms with Gasteiger partial charge >= 0.3 is 0 Å². The number of aromatic nitrogens is 4. The average molecular weight is 455 g/mol. The Bertz CT molecular complexity index is 938. The minimum atomic E-state index is 0.183. The van der Waals surface area contributed by atoms with E-state index >= 15 is 0 Å². The molecule has 0 radical (unpaired) electrons. The molecule has 33 heavy (non-hydrogen) atoms. The molecule has 1 saturated heterocycles. The van der Waals surface area contributed by atoms with Gasteiger partial charge in [0, 0.05) is 58.1 Å². The molecule has 8 nitrogen and oxygen atoms in total. The Morgan fingerprint density at radius 3 is 2.42 bits per heavy atom. The number of likely N-dealkylation sites (tertiary alicyclic amines) is 1. The van der Waals surface area contributed by atoms with Gasteiger partial charge in [0.15, 0.2) is 5.82 Å². The zero-order valence-corrected chi connectivity index (χ0v) is 20.5. The van der Waals surface area contributed by atoms with Gasteiger partial charge in [0.1, 0.15) is 5.82 Å². The highest BCUT2D eigenvalue weighted by Crippen LogP contribution is 2.41. The number of aryl methyl sites for hydroxylation is 1. The maximum absolute atomic E-state index is 5.62. The van der Waals surface area contributed by atoms with Gasteiger partial charge in [-0.3, -0.25) is 4.90 Å². The van der Waals surface area contributed by atoms with Crippen LogP contribution < -0.4 is 5.32 Å². The van der Waals surface area contributed by atoms with Gasteiger partial charge in [-0.15, -0.1) is 5.10 Å². The van der Waals surface area contributed by atoms with Crippen molar-refractivity contribution in [3.05, 3.63) is 30.0 Å². The summed E-state index contributed by atoms with van der Waals surface area (Å²) in [5.41, 5.74) is 2.44. The predicted molar refractivity (Wildman–Crippen MR) is 128 cm³/mol. The number of rotatable bonds is 8. The number of imidazole rings is 1. The van der Waals surface area contributed by atoms with E-state index in [4.69, 9.17) is 14.5 Å². The second-order valence-corrected chi connectivity index (χ2v) is 10.7. The third kappa shape index (κ3) is 5.08. The van der Waals surface area contributed by atoms with Crippen LogP contribution >= 0.6 is 0 Å². The molecule has 2 saturated carbocycles. The molecule has 0 amide bonds. The molecule has 0 spiro atoms. The van der Waals surface area contributed by atoms with Gasteiger partial charge in [-0.2, -0.15) is 5.10 Å². The molecular formula is C25H38N6O2. The van der Waals surface area contributed by atoms with Crippen LogP contribution in [0.4, 0.5) is 5.82 Å². The van der Waals surface area contributed by atoms with E-state index in [-0.39, 0.29) is 12.2 Å². The van der Waals surface area contributed by atoms with E-state index in [0.29, 0.717) is 17.4 Å². The molecule has 2 aromatic heterocycles. The molecule has 3 fully saturated rings. The number of hydrogen-bond donors (Lipinski definition) is 1. The van der Waals surface area contributed by atoms with Crippen molar-refractivity contribution in [2.45, 2.75) is 76.5 Å². The van der Waals surface area contributed by atoms with Crippen LogP contribution in [0.2, 0.25) is 0 Å². The Labute approximate surface area is 197 Å². The van der Waals surface area contributed by atoms with Gasteiger partial charge in [-0.05, 0) is 50.9 Å². The molecule has 1 aliphatic heterocycles. The largest absolute Gasteiger partial charge is 0.377 e. The van der Waals surface area contributed by atoms with E-state index in [0.717, 1.165) is 55.5 Å². The minimum Gasteiger partial charge on any atom is -0.377 e. The van der Waals surface area contributed by atoms with E-state index in [1.54, 1.807) is 14.2 Å². The lowest BCUT2D eigenvalue weighted by atomic mass is 9.73. The highest BCUT2D eigenvalue weighted by atomic mass is 16.5. The topological polar surface area (TPSA) is 77.3 Å². The Balaban J connectivity index is 1.18. The molecule has 0 unspecified atom stereocenters. The van der Waals surface area contributed by atoms with Gasteiger partial charge in [0.05, 0.1) is 29.8 Å². The minimum absolute atomic E-state index is 0.183. The average Bonchev–Trinajstić information content (AvgIpc) is 3.47. The summed E-state index contributed by atoms with van der Waals surface area (Å²) in [6, 6.07) is 2.56. The highest BCUT2D eigenvalue weighted by molar-refractivity contribution is 5.45. The summed E-state index contributed by atoms with van der Waals surface area (Å²) < 4.78 is 13.4. The van der Waals surface area contributed by atoms with Gasteiger partial charge < -0.3 is 19.4 Å². The zero-order valence-electron chi connectivity index (χ0n) is 20.5. The summed E-state index contributed by atoms with van der Waals surface area (Å²) in [4.78, 5) is 7.27. The van der Waals surface area contributed by atoms with Crippen LogP contribution in [-0.2, 0) is 9.47 Å². The summed E-state index contributed by atoms with van der Waals surface area (Å²) in [7, 11) is 3.58. The molecule has 2 aromatic rings. The predicted octanol–water partition coefficient (Wildman–Crippen LogP) is 3.55. The van der Waals surface area contributed by atoms with E-state index < -0.39 is 0 Å². The molecule has 2 atom stereocenters. The van der Waals surface area contributed by atoms with Crippen molar-refractivity contribution in [1.29, 1.82) is 0 Å². The Kier molecular flexibility index (Phi) is 6.42. The van der Waals surface area contributed by atoms with Crippen molar-refractivity contribution in [2.24, 2.45) is 5.41 Å². The van der Waals surface area contributed by atoms with Gasteiger partial charge in [0.2, 0.25) is 0 Å². The Morgan fingerprint density at radius 1 is 1.09 bits per heavy atom. The molecule has 0 bridgehead atoms. The third-order valence-corrected chi connectivity index (χ3v) is 7.76. The first-order valence-electron chi connectivity index (χ1n) is 12.4. The maximum Gasteiger partial charge on any atom is 0.150 e. The van der Waals surface area contributed by atoms with Crippen LogP contribution in [0.5, 0.6) is 0 Å². The van der Waals surface area contributed by atoms with Gasteiger partial charge in [-0.25, -0.2) is 4.98 Å². The number of nitrogens with one attached hydrogen (secondary N) is 1. The second kappa shape index (κ2) is 9.31. The fourth-order valence-corrected chi connectivity index (χ4v) is 5.68. The number of ether oxygens (including phenoxy) is 2. The lowest BCUT2D eigenvalue weighted by Crippen LogP contribution is -2.40. The molecule has 3 aliphatic rings. The van der Waals surface area contributed by atoms with Crippen LogP contribution in [-0.4, -0.2) is 76.8 Å². The van der Waals surface area contributed by atoms with Crippen LogP contribution in [0.1, 0.15) is 62.9 Å². The highest BCUT2D eigenvalue weighted by Gasteiger charge is 2.38. The summed E-state index contributed by atoms with van der Waals surface area (Å²) in [6.45, 7) is 7.53. The van der Waals surface area contributed by atoms with Crippen molar-refractivity contribution >= 4 is 5.82 Å². The summed E-state index contributed by atoms with van der Waals surface area (Å²) in [6.07, 6.45) is 11.5. The number of hydrogen-bond acceptors (Lipinski definition) is 7. The van der Waals surface area contributed by atoms with Crippen LogP contribution in [0.15, 0.2) is 18.5 Å². The Morgan fingerprint density at radius 2 is 1.79 bits per heavy atom.